The summed E-state index contributed by atoms with van der Waals surface area (Å²) in [4.78, 5) is 25.3. The van der Waals surface area contributed by atoms with E-state index < -0.39 is 5.82 Å². The third-order valence-corrected chi connectivity index (χ3v) is 3.37. The molecule has 0 saturated carbocycles. The average molecular weight is 309 g/mol. The van der Waals surface area contributed by atoms with E-state index >= 15 is 0 Å². The molecule has 2 rings (SSSR count). The first-order valence-corrected chi connectivity index (χ1v) is 7.11. The molecule has 2 atom stereocenters. The molecule has 0 spiro atoms. The van der Waals surface area contributed by atoms with Crippen LogP contribution in [0.3, 0.4) is 0 Å². The van der Waals surface area contributed by atoms with Gasteiger partial charge in [-0.1, -0.05) is 6.07 Å². The number of hydrogen-bond donors (Lipinski definition) is 2. The predicted octanol–water partition coefficient (Wildman–Crippen LogP) is 1.27. The van der Waals surface area contributed by atoms with Crippen LogP contribution in [0.25, 0.3) is 0 Å². The molecule has 1 aromatic carbocycles. The van der Waals surface area contributed by atoms with E-state index in [1.165, 1.54) is 17.0 Å². The highest BCUT2D eigenvalue weighted by Crippen LogP contribution is 2.22. The summed E-state index contributed by atoms with van der Waals surface area (Å²) >= 11 is 0. The standard InChI is InChI=1S/C15H20FN3O3/c1-10(9-22-2)17-15(21)18-12-7-14(20)19(8-12)13-5-3-4-11(16)6-13/h3-6,10,12H,7-9H2,1-2H3,(H2,17,18,21)/t10-,12-/m1/s1. The van der Waals surface area contributed by atoms with E-state index in [0.29, 0.717) is 18.8 Å². The number of ether oxygens (including phenoxy) is 1. The molecule has 3 amide bonds. The minimum absolute atomic E-state index is 0.124. The Kier molecular flexibility index (Phi) is 5.32. The summed E-state index contributed by atoms with van der Waals surface area (Å²) in [6, 6.07) is 5.09. The van der Waals surface area contributed by atoms with Gasteiger partial charge in [-0.2, -0.15) is 0 Å². The van der Waals surface area contributed by atoms with Gasteiger partial charge in [0.1, 0.15) is 5.82 Å². The van der Waals surface area contributed by atoms with Crippen LogP contribution < -0.4 is 15.5 Å². The first kappa shape index (κ1) is 16.2. The largest absolute Gasteiger partial charge is 0.383 e. The Labute approximate surface area is 128 Å². The smallest absolute Gasteiger partial charge is 0.315 e. The molecule has 1 aliphatic heterocycles. The molecule has 0 aliphatic carbocycles. The van der Waals surface area contributed by atoms with Crippen molar-refractivity contribution in [3.05, 3.63) is 30.1 Å². The van der Waals surface area contributed by atoms with Gasteiger partial charge in [-0.05, 0) is 25.1 Å². The lowest BCUT2D eigenvalue weighted by molar-refractivity contribution is -0.117. The second-order valence-corrected chi connectivity index (χ2v) is 5.36. The third kappa shape index (κ3) is 4.17. The Bertz CT molecular complexity index is 553. The van der Waals surface area contributed by atoms with E-state index in [-0.39, 0.29) is 30.4 Å². The van der Waals surface area contributed by atoms with E-state index in [0.717, 1.165) is 0 Å². The van der Waals surface area contributed by atoms with Crippen molar-refractivity contribution >= 4 is 17.6 Å². The van der Waals surface area contributed by atoms with E-state index in [1.807, 2.05) is 6.92 Å². The normalized spacial score (nSPS) is 19.1. The van der Waals surface area contributed by atoms with Gasteiger partial charge < -0.3 is 20.3 Å². The summed E-state index contributed by atoms with van der Waals surface area (Å²) in [5.41, 5.74) is 0.502. The van der Waals surface area contributed by atoms with Crippen molar-refractivity contribution in [2.24, 2.45) is 0 Å². The summed E-state index contributed by atoms with van der Waals surface area (Å²) in [5.74, 6) is -0.534. The average Bonchev–Trinajstić information content (AvgIpc) is 2.79. The van der Waals surface area contributed by atoms with Crippen LogP contribution in [0.5, 0.6) is 0 Å². The molecule has 0 unspecified atom stereocenters. The van der Waals surface area contributed by atoms with Crippen molar-refractivity contribution in [3.8, 4) is 0 Å². The van der Waals surface area contributed by atoms with Gasteiger partial charge in [0.15, 0.2) is 0 Å². The molecular formula is C15H20FN3O3. The van der Waals surface area contributed by atoms with Crippen molar-refractivity contribution in [2.45, 2.75) is 25.4 Å². The van der Waals surface area contributed by atoms with Crippen LogP contribution in [0.4, 0.5) is 14.9 Å². The number of amides is 3. The number of carbonyl (C=O) groups excluding carboxylic acids is 2. The number of methoxy groups -OCH3 is 1. The van der Waals surface area contributed by atoms with Crippen LogP contribution in [-0.2, 0) is 9.53 Å². The van der Waals surface area contributed by atoms with E-state index in [1.54, 1.807) is 19.2 Å². The van der Waals surface area contributed by atoms with Crippen LogP contribution in [0, 0.1) is 5.82 Å². The summed E-state index contributed by atoms with van der Waals surface area (Å²) in [6.45, 7) is 2.56. The Balaban J connectivity index is 1.91. The number of hydrogen-bond acceptors (Lipinski definition) is 3. The van der Waals surface area contributed by atoms with Crippen molar-refractivity contribution < 1.29 is 18.7 Å². The van der Waals surface area contributed by atoms with Crippen molar-refractivity contribution in [2.75, 3.05) is 25.2 Å². The van der Waals surface area contributed by atoms with Crippen LogP contribution in [0.15, 0.2) is 24.3 Å². The number of halogens is 1. The minimum atomic E-state index is -0.396. The van der Waals surface area contributed by atoms with E-state index in [2.05, 4.69) is 10.6 Å². The molecule has 1 fully saturated rings. The fourth-order valence-electron chi connectivity index (χ4n) is 2.44. The van der Waals surface area contributed by atoms with Crippen molar-refractivity contribution in [1.29, 1.82) is 0 Å². The Hall–Kier alpha value is -2.15. The molecule has 0 bridgehead atoms. The topological polar surface area (TPSA) is 70.7 Å². The number of nitrogens with zero attached hydrogens (tertiary/aromatic N) is 1. The molecule has 22 heavy (non-hydrogen) atoms. The first-order chi connectivity index (χ1) is 10.5. The highest BCUT2D eigenvalue weighted by atomic mass is 19.1. The maximum atomic E-state index is 13.2. The van der Waals surface area contributed by atoms with Gasteiger partial charge in [0, 0.05) is 25.8 Å². The number of benzene rings is 1. The molecule has 1 aliphatic rings. The molecule has 120 valence electrons. The lowest BCUT2D eigenvalue weighted by Gasteiger charge is -2.18. The number of nitrogens with one attached hydrogen (secondary N) is 2. The van der Waals surface area contributed by atoms with Crippen LogP contribution in [-0.4, -0.2) is 44.3 Å². The summed E-state index contributed by atoms with van der Waals surface area (Å²) in [6.07, 6.45) is 0.197. The maximum Gasteiger partial charge on any atom is 0.315 e. The fourth-order valence-corrected chi connectivity index (χ4v) is 2.44. The molecule has 1 saturated heterocycles. The Morgan fingerprint density at radius 2 is 2.32 bits per heavy atom. The molecule has 7 heteroatoms. The van der Waals surface area contributed by atoms with Crippen molar-refractivity contribution in [3.63, 3.8) is 0 Å². The third-order valence-electron chi connectivity index (χ3n) is 3.37. The van der Waals surface area contributed by atoms with Crippen LogP contribution >= 0.6 is 0 Å². The lowest BCUT2D eigenvalue weighted by Crippen LogP contribution is -2.47. The lowest BCUT2D eigenvalue weighted by atomic mass is 10.2. The second kappa shape index (κ2) is 7.22. The number of anilines is 1. The minimum Gasteiger partial charge on any atom is -0.383 e. The van der Waals surface area contributed by atoms with Crippen LogP contribution in [0.2, 0.25) is 0 Å². The SMILES string of the molecule is COC[C@@H](C)NC(=O)N[C@@H]1CC(=O)N(c2cccc(F)c2)C1. The molecule has 2 N–H and O–H groups in total. The van der Waals surface area contributed by atoms with Crippen LogP contribution in [0.1, 0.15) is 13.3 Å². The molecular weight excluding hydrogens is 289 g/mol. The fraction of sp³-hybridized carbons (Fsp3) is 0.467. The van der Waals surface area contributed by atoms with E-state index in [4.69, 9.17) is 4.74 Å². The highest BCUT2D eigenvalue weighted by molar-refractivity contribution is 5.96. The molecule has 0 aromatic heterocycles. The Morgan fingerprint density at radius 1 is 1.55 bits per heavy atom. The highest BCUT2D eigenvalue weighted by Gasteiger charge is 2.31. The van der Waals surface area contributed by atoms with Crippen molar-refractivity contribution in [1.82, 2.24) is 10.6 Å². The number of urea groups is 1. The van der Waals surface area contributed by atoms with Gasteiger partial charge in [0.2, 0.25) is 5.91 Å². The quantitative estimate of drug-likeness (QED) is 0.860. The predicted molar refractivity (Wildman–Crippen MR) is 80.2 cm³/mol. The number of carbonyl (C=O) groups is 2. The second-order valence-electron chi connectivity index (χ2n) is 5.36. The zero-order valence-corrected chi connectivity index (χ0v) is 12.6. The first-order valence-electron chi connectivity index (χ1n) is 7.11. The summed E-state index contributed by atoms with van der Waals surface area (Å²) < 4.78 is 18.2. The van der Waals surface area contributed by atoms with Gasteiger partial charge in [-0.15, -0.1) is 0 Å². The van der Waals surface area contributed by atoms with Gasteiger partial charge in [-0.25, -0.2) is 9.18 Å². The molecule has 0 radical (unpaired) electrons. The van der Waals surface area contributed by atoms with Gasteiger partial charge in [0.25, 0.3) is 0 Å². The monoisotopic (exact) mass is 309 g/mol. The maximum absolute atomic E-state index is 13.2. The zero-order chi connectivity index (χ0) is 16.1. The summed E-state index contributed by atoms with van der Waals surface area (Å²) in [7, 11) is 1.56. The van der Waals surface area contributed by atoms with Gasteiger partial charge in [0.05, 0.1) is 18.7 Å². The molecule has 1 heterocycles. The van der Waals surface area contributed by atoms with Gasteiger partial charge >= 0.3 is 6.03 Å². The van der Waals surface area contributed by atoms with E-state index in [9.17, 15) is 14.0 Å². The zero-order valence-electron chi connectivity index (χ0n) is 12.6. The molecule has 1 aromatic rings. The summed E-state index contributed by atoms with van der Waals surface area (Å²) in [5, 5.41) is 5.47. The Morgan fingerprint density at radius 3 is 3.00 bits per heavy atom. The van der Waals surface area contributed by atoms with Gasteiger partial charge in [-0.3, -0.25) is 4.79 Å². The number of rotatable bonds is 5. The molecule has 6 nitrogen and oxygen atoms in total.